The molecule has 0 amide bonds. The lowest BCUT2D eigenvalue weighted by molar-refractivity contribution is 0.485. The van der Waals surface area contributed by atoms with Gasteiger partial charge in [-0.25, -0.2) is 0 Å². The van der Waals surface area contributed by atoms with Gasteiger partial charge in [-0.2, -0.15) is 0 Å². The average Bonchev–Trinajstić information content (AvgIpc) is 2.29. The van der Waals surface area contributed by atoms with E-state index in [9.17, 15) is 0 Å². The topological polar surface area (TPSA) is 15.3 Å². The maximum absolute atomic E-state index is 3.46. The van der Waals surface area contributed by atoms with E-state index < -0.39 is 0 Å². The van der Waals surface area contributed by atoms with Gasteiger partial charge in [0.2, 0.25) is 0 Å². The van der Waals surface area contributed by atoms with Crippen molar-refractivity contribution in [2.45, 2.75) is 26.3 Å². The molecule has 0 bridgehead atoms. The van der Waals surface area contributed by atoms with E-state index in [1.165, 1.54) is 11.3 Å². The van der Waals surface area contributed by atoms with Crippen molar-refractivity contribution in [3.63, 3.8) is 0 Å². The third-order valence-corrected chi connectivity index (χ3v) is 3.08. The highest BCUT2D eigenvalue weighted by Crippen LogP contribution is 2.17. The molecule has 2 nitrogen and oxygen atoms in total. The second-order valence-corrected chi connectivity index (χ2v) is 4.32. The van der Waals surface area contributed by atoms with Gasteiger partial charge in [-0.05, 0) is 31.0 Å². The van der Waals surface area contributed by atoms with Crippen molar-refractivity contribution in [2.24, 2.45) is 0 Å². The Bertz CT molecular complexity index is 305. The fourth-order valence-corrected chi connectivity index (χ4v) is 2.11. The second kappa shape index (κ2) is 4.67. The Labute approximate surface area is 92.3 Å². The summed E-state index contributed by atoms with van der Waals surface area (Å²) in [5.74, 6) is 0. The summed E-state index contributed by atoms with van der Waals surface area (Å²) in [6.45, 7) is 7.77. The number of hydrogen-bond acceptors (Lipinski definition) is 2. The highest BCUT2D eigenvalue weighted by Gasteiger charge is 2.15. The monoisotopic (exact) mass is 204 g/mol. The molecule has 2 heteroatoms. The van der Waals surface area contributed by atoms with Crippen molar-refractivity contribution in [1.82, 2.24) is 5.32 Å². The molecule has 0 saturated carbocycles. The highest BCUT2D eigenvalue weighted by molar-refractivity contribution is 5.48. The van der Waals surface area contributed by atoms with Crippen molar-refractivity contribution >= 4 is 5.69 Å². The van der Waals surface area contributed by atoms with Gasteiger partial charge in [0, 0.05) is 31.4 Å². The number of nitrogens with zero attached hydrogens (tertiary/aromatic N) is 1. The van der Waals surface area contributed by atoms with Crippen LogP contribution in [0.15, 0.2) is 24.3 Å². The molecular formula is C13H20N2. The molecule has 82 valence electrons. The predicted octanol–water partition coefficient (Wildman–Crippen LogP) is 2.05. The average molecular weight is 204 g/mol. The molecule has 1 heterocycles. The van der Waals surface area contributed by atoms with Crippen LogP contribution in [0.5, 0.6) is 0 Å². The van der Waals surface area contributed by atoms with Gasteiger partial charge in [0.15, 0.2) is 0 Å². The smallest absolute Gasteiger partial charge is 0.0367 e. The lowest BCUT2D eigenvalue weighted by Gasteiger charge is -2.33. The molecule has 0 unspecified atom stereocenters. The maximum Gasteiger partial charge on any atom is 0.0367 e. The first kappa shape index (κ1) is 10.5. The summed E-state index contributed by atoms with van der Waals surface area (Å²) in [6, 6.07) is 9.57. The van der Waals surface area contributed by atoms with Gasteiger partial charge in [-0.1, -0.05) is 19.1 Å². The van der Waals surface area contributed by atoms with Gasteiger partial charge in [-0.15, -0.1) is 0 Å². The molecule has 1 aliphatic rings. The van der Waals surface area contributed by atoms with Crippen LogP contribution in [0.4, 0.5) is 5.69 Å². The SMILES string of the molecule is CCc1ccc(N2CCN[C@@H](C)C2)cc1. The van der Waals surface area contributed by atoms with Gasteiger partial charge >= 0.3 is 0 Å². The second-order valence-electron chi connectivity index (χ2n) is 4.32. The van der Waals surface area contributed by atoms with E-state index in [1.54, 1.807) is 0 Å². The fraction of sp³-hybridized carbons (Fsp3) is 0.538. The summed E-state index contributed by atoms with van der Waals surface area (Å²) in [6.07, 6.45) is 1.12. The Hall–Kier alpha value is -1.02. The van der Waals surface area contributed by atoms with Crippen LogP contribution in [-0.4, -0.2) is 25.7 Å². The zero-order valence-electron chi connectivity index (χ0n) is 9.66. The first-order chi connectivity index (χ1) is 7.29. The van der Waals surface area contributed by atoms with Crippen LogP contribution in [0.3, 0.4) is 0 Å². The Morgan fingerprint density at radius 2 is 2.07 bits per heavy atom. The van der Waals surface area contributed by atoms with Gasteiger partial charge in [0.05, 0.1) is 0 Å². The van der Waals surface area contributed by atoms with E-state index >= 15 is 0 Å². The zero-order valence-corrected chi connectivity index (χ0v) is 9.66. The molecule has 0 radical (unpaired) electrons. The van der Waals surface area contributed by atoms with Crippen LogP contribution in [-0.2, 0) is 6.42 Å². The van der Waals surface area contributed by atoms with Gasteiger partial charge < -0.3 is 10.2 Å². The minimum absolute atomic E-state index is 0.601. The van der Waals surface area contributed by atoms with Crippen molar-refractivity contribution in [3.05, 3.63) is 29.8 Å². The van der Waals surface area contributed by atoms with Gasteiger partial charge in [-0.3, -0.25) is 0 Å². The first-order valence-electron chi connectivity index (χ1n) is 5.87. The van der Waals surface area contributed by atoms with Crippen LogP contribution in [0.25, 0.3) is 0 Å². The molecular weight excluding hydrogens is 184 g/mol. The van der Waals surface area contributed by atoms with Crippen molar-refractivity contribution < 1.29 is 0 Å². The minimum atomic E-state index is 0.601. The summed E-state index contributed by atoms with van der Waals surface area (Å²) in [4.78, 5) is 2.46. The van der Waals surface area contributed by atoms with E-state index in [1.807, 2.05) is 0 Å². The van der Waals surface area contributed by atoms with Crippen molar-refractivity contribution in [2.75, 3.05) is 24.5 Å². The largest absolute Gasteiger partial charge is 0.369 e. The van der Waals surface area contributed by atoms with Crippen LogP contribution in [0, 0.1) is 0 Å². The van der Waals surface area contributed by atoms with E-state index in [0.29, 0.717) is 6.04 Å². The first-order valence-corrected chi connectivity index (χ1v) is 5.87. The minimum Gasteiger partial charge on any atom is -0.369 e. The standard InChI is InChI=1S/C13H20N2/c1-3-12-4-6-13(7-5-12)15-9-8-14-11(2)10-15/h4-7,11,14H,3,8-10H2,1-2H3/t11-/m0/s1. The Balaban J connectivity index is 2.07. The molecule has 0 aliphatic carbocycles. The molecule has 1 atom stereocenters. The van der Waals surface area contributed by atoms with Gasteiger partial charge in [0.1, 0.15) is 0 Å². The summed E-state index contributed by atoms with van der Waals surface area (Å²) >= 11 is 0. The molecule has 0 spiro atoms. The normalized spacial score (nSPS) is 21.7. The summed E-state index contributed by atoms with van der Waals surface area (Å²) in [5.41, 5.74) is 2.78. The number of benzene rings is 1. The van der Waals surface area contributed by atoms with Crippen LogP contribution >= 0.6 is 0 Å². The lowest BCUT2D eigenvalue weighted by Crippen LogP contribution is -2.49. The van der Waals surface area contributed by atoms with Crippen molar-refractivity contribution in [3.8, 4) is 0 Å². The van der Waals surface area contributed by atoms with E-state index in [4.69, 9.17) is 0 Å². The fourth-order valence-electron chi connectivity index (χ4n) is 2.11. The Kier molecular flexibility index (Phi) is 3.27. The number of hydrogen-bond donors (Lipinski definition) is 1. The molecule has 0 aromatic heterocycles. The molecule has 2 rings (SSSR count). The number of piperazine rings is 1. The molecule has 1 aliphatic heterocycles. The van der Waals surface area contributed by atoms with E-state index in [-0.39, 0.29) is 0 Å². The summed E-state index contributed by atoms with van der Waals surface area (Å²) in [5, 5.41) is 3.46. The maximum atomic E-state index is 3.46. The van der Waals surface area contributed by atoms with E-state index in [2.05, 4.69) is 48.3 Å². The Morgan fingerprint density at radius 3 is 2.67 bits per heavy atom. The van der Waals surface area contributed by atoms with Gasteiger partial charge in [0.25, 0.3) is 0 Å². The Morgan fingerprint density at radius 1 is 1.33 bits per heavy atom. The quantitative estimate of drug-likeness (QED) is 0.793. The summed E-state index contributed by atoms with van der Waals surface area (Å²) < 4.78 is 0. The molecule has 1 saturated heterocycles. The third-order valence-electron chi connectivity index (χ3n) is 3.08. The number of anilines is 1. The molecule has 1 aromatic carbocycles. The van der Waals surface area contributed by atoms with Crippen molar-refractivity contribution in [1.29, 1.82) is 0 Å². The molecule has 15 heavy (non-hydrogen) atoms. The highest BCUT2D eigenvalue weighted by atomic mass is 15.2. The van der Waals surface area contributed by atoms with Crippen LogP contribution in [0.1, 0.15) is 19.4 Å². The summed E-state index contributed by atoms with van der Waals surface area (Å²) in [7, 11) is 0. The predicted molar refractivity (Wildman–Crippen MR) is 65.5 cm³/mol. The molecule has 1 aromatic rings. The number of rotatable bonds is 2. The number of aryl methyl sites for hydroxylation is 1. The third kappa shape index (κ3) is 2.51. The van der Waals surface area contributed by atoms with Crippen LogP contribution in [0.2, 0.25) is 0 Å². The molecule has 1 fully saturated rings. The zero-order chi connectivity index (χ0) is 10.7. The molecule has 1 N–H and O–H groups in total. The van der Waals surface area contributed by atoms with E-state index in [0.717, 1.165) is 26.1 Å². The lowest BCUT2D eigenvalue weighted by atomic mass is 10.1. The van der Waals surface area contributed by atoms with Crippen LogP contribution < -0.4 is 10.2 Å². The number of nitrogens with one attached hydrogen (secondary N) is 1.